The monoisotopic (exact) mass is 520 g/mol. The van der Waals surface area contributed by atoms with E-state index < -0.39 is 11.9 Å². The predicted octanol–water partition coefficient (Wildman–Crippen LogP) is 5.34. The minimum absolute atomic E-state index is 0.0281. The van der Waals surface area contributed by atoms with E-state index in [1.54, 1.807) is 48.5 Å². The molecular formula is C28H25ClN2O6. The van der Waals surface area contributed by atoms with Crippen LogP contribution in [0.4, 0.5) is 0 Å². The second kappa shape index (κ2) is 11.6. The Labute approximate surface area is 219 Å². The van der Waals surface area contributed by atoms with Crippen molar-refractivity contribution in [2.45, 2.75) is 19.8 Å². The number of allylic oxidation sites excluding steroid dienone is 1. The first-order chi connectivity index (χ1) is 17.9. The van der Waals surface area contributed by atoms with Crippen molar-refractivity contribution in [3.63, 3.8) is 0 Å². The van der Waals surface area contributed by atoms with Crippen LogP contribution >= 0.6 is 11.6 Å². The molecule has 4 rings (SSSR count). The van der Waals surface area contributed by atoms with Crippen LogP contribution in [0.2, 0.25) is 5.02 Å². The normalized spacial score (nSPS) is 14.2. The molecule has 1 unspecified atom stereocenters. The molecule has 1 atom stereocenters. The van der Waals surface area contributed by atoms with Crippen LogP contribution in [0.1, 0.15) is 30.9 Å². The third-order valence-corrected chi connectivity index (χ3v) is 5.71. The standard InChI is InChI=1S/C28H25ClN2O6/c1-3-33-23-11-8-17(12-25(23)34-4-2)27-21-10-9-20(14-24(21)37-28(31)22(27)15-30)36-26(32)16-35-19-7-5-6-18(29)13-19/h5-14,27H,3-4,16,31H2,1-2H3. The Hall–Kier alpha value is -4.35. The summed E-state index contributed by atoms with van der Waals surface area (Å²) in [6.07, 6.45) is 0. The van der Waals surface area contributed by atoms with Crippen molar-refractivity contribution in [1.82, 2.24) is 0 Å². The number of carbonyl (C=O) groups is 1. The molecular weight excluding hydrogens is 496 g/mol. The Balaban J connectivity index is 1.59. The highest BCUT2D eigenvalue weighted by Gasteiger charge is 2.31. The number of hydrogen-bond donors (Lipinski definition) is 1. The fourth-order valence-corrected chi connectivity index (χ4v) is 4.13. The number of carbonyl (C=O) groups excluding carboxylic acids is 1. The van der Waals surface area contributed by atoms with Crippen LogP contribution in [-0.2, 0) is 4.79 Å². The van der Waals surface area contributed by atoms with E-state index in [1.165, 1.54) is 0 Å². The van der Waals surface area contributed by atoms with E-state index in [0.29, 0.717) is 46.8 Å². The molecule has 3 aromatic carbocycles. The van der Waals surface area contributed by atoms with Crippen LogP contribution in [0.3, 0.4) is 0 Å². The second-order valence-electron chi connectivity index (χ2n) is 7.92. The van der Waals surface area contributed by atoms with Gasteiger partial charge in [0.1, 0.15) is 28.9 Å². The van der Waals surface area contributed by atoms with Crippen LogP contribution in [0.25, 0.3) is 0 Å². The lowest BCUT2D eigenvalue weighted by molar-refractivity contribution is -0.136. The highest BCUT2D eigenvalue weighted by atomic mass is 35.5. The number of benzene rings is 3. The van der Waals surface area contributed by atoms with Gasteiger partial charge in [0.2, 0.25) is 5.88 Å². The number of hydrogen-bond acceptors (Lipinski definition) is 8. The van der Waals surface area contributed by atoms with Gasteiger partial charge in [0.25, 0.3) is 0 Å². The van der Waals surface area contributed by atoms with Crippen molar-refractivity contribution in [2.24, 2.45) is 5.73 Å². The number of esters is 1. The summed E-state index contributed by atoms with van der Waals surface area (Å²) < 4.78 is 28.0. The molecule has 0 bridgehead atoms. The molecule has 3 aromatic rings. The summed E-state index contributed by atoms with van der Waals surface area (Å²) in [6.45, 7) is 4.40. The number of halogens is 1. The molecule has 0 saturated heterocycles. The Morgan fingerprint density at radius 2 is 1.78 bits per heavy atom. The van der Waals surface area contributed by atoms with Gasteiger partial charge >= 0.3 is 5.97 Å². The summed E-state index contributed by atoms with van der Waals surface area (Å²) in [5.74, 6) is 1.08. The molecule has 0 fully saturated rings. The zero-order valence-electron chi connectivity index (χ0n) is 20.3. The lowest BCUT2D eigenvalue weighted by atomic mass is 9.83. The van der Waals surface area contributed by atoms with Crippen LogP contribution in [0.5, 0.6) is 28.7 Å². The fourth-order valence-electron chi connectivity index (χ4n) is 3.95. The van der Waals surface area contributed by atoms with Gasteiger partial charge < -0.3 is 29.4 Å². The molecule has 0 aromatic heterocycles. The van der Waals surface area contributed by atoms with Gasteiger partial charge in [-0.05, 0) is 55.8 Å². The minimum atomic E-state index is -0.610. The van der Waals surface area contributed by atoms with E-state index in [-0.39, 0.29) is 23.8 Å². The summed E-state index contributed by atoms with van der Waals surface area (Å²) in [6, 6.07) is 19.3. The fraction of sp³-hybridized carbons (Fsp3) is 0.214. The van der Waals surface area contributed by atoms with E-state index >= 15 is 0 Å². The number of fused-ring (bicyclic) bond motifs is 1. The molecule has 37 heavy (non-hydrogen) atoms. The quantitative estimate of drug-likeness (QED) is 0.297. The SMILES string of the molecule is CCOc1ccc(C2C(C#N)=C(N)Oc3cc(OC(=O)COc4cccc(Cl)c4)ccc32)cc1OCC. The maximum absolute atomic E-state index is 12.3. The molecule has 0 spiro atoms. The van der Waals surface area contributed by atoms with Crippen molar-refractivity contribution < 1.29 is 28.5 Å². The Bertz CT molecular complexity index is 1380. The van der Waals surface area contributed by atoms with Gasteiger partial charge in [-0.3, -0.25) is 0 Å². The summed E-state index contributed by atoms with van der Waals surface area (Å²) in [7, 11) is 0. The van der Waals surface area contributed by atoms with Gasteiger partial charge in [0, 0.05) is 16.7 Å². The zero-order chi connectivity index (χ0) is 26.4. The molecule has 1 heterocycles. The summed E-state index contributed by atoms with van der Waals surface area (Å²) in [4.78, 5) is 12.3. The van der Waals surface area contributed by atoms with Crippen molar-refractivity contribution in [3.05, 3.63) is 88.3 Å². The average Bonchev–Trinajstić information content (AvgIpc) is 2.88. The van der Waals surface area contributed by atoms with Gasteiger partial charge in [0.15, 0.2) is 18.1 Å². The maximum atomic E-state index is 12.3. The Morgan fingerprint density at radius 3 is 2.51 bits per heavy atom. The maximum Gasteiger partial charge on any atom is 0.349 e. The van der Waals surface area contributed by atoms with E-state index in [9.17, 15) is 10.1 Å². The van der Waals surface area contributed by atoms with Gasteiger partial charge in [-0.15, -0.1) is 0 Å². The summed E-state index contributed by atoms with van der Waals surface area (Å²) >= 11 is 5.93. The molecule has 0 amide bonds. The van der Waals surface area contributed by atoms with Crippen molar-refractivity contribution in [2.75, 3.05) is 19.8 Å². The highest BCUT2D eigenvalue weighted by molar-refractivity contribution is 6.30. The van der Waals surface area contributed by atoms with Crippen molar-refractivity contribution >= 4 is 17.6 Å². The average molecular weight is 521 g/mol. The van der Waals surface area contributed by atoms with Crippen LogP contribution in [0, 0.1) is 11.3 Å². The number of nitrogens with two attached hydrogens (primary N) is 1. The van der Waals surface area contributed by atoms with Gasteiger partial charge in [-0.1, -0.05) is 29.8 Å². The first-order valence-electron chi connectivity index (χ1n) is 11.6. The van der Waals surface area contributed by atoms with Crippen molar-refractivity contribution in [3.8, 4) is 34.8 Å². The van der Waals surface area contributed by atoms with Crippen molar-refractivity contribution in [1.29, 1.82) is 5.26 Å². The van der Waals surface area contributed by atoms with Gasteiger partial charge in [0.05, 0.1) is 19.1 Å². The van der Waals surface area contributed by atoms with Gasteiger partial charge in [-0.25, -0.2) is 4.79 Å². The number of nitriles is 1. The van der Waals surface area contributed by atoms with Crippen LogP contribution in [0.15, 0.2) is 72.1 Å². The van der Waals surface area contributed by atoms with Crippen LogP contribution < -0.4 is 29.4 Å². The zero-order valence-corrected chi connectivity index (χ0v) is 21.1. The molecule has 0 saturated carbocycles. The van der Waals surface area contributed by atoms with E-state index in [4.69, 9.17) is 41.0 Å². The van der Waals surface area contributed by atoms with E-state index in [1.807, 2.05) is 26.0 Å². The molecule has 1 aliphatic heterocycles. The van der Waals surface area contributed by atoms with Gasteiger partial charge in [-0.2, -0.15) is 5.26 Å². The summed E-state index contributed by atoms with van der Waals surface area (Å²) in [5.41, 5.74) is 7.85. The minimum Gasteiger partial charge on any atom is -0.490 e. The third kappa shape index (κ3) is 5.90. The topological polar surface area (TPSA) is 113 Å². The Morgan fingerprint density at radius 1 is 1.00 bits per heavy atom. The number of rotatable bonds is 9. The first kappa shape index (κ1) is 25.7. The first-order valence-corrected chi connectivity index (χ1v) is 12.0. The summed E-state index contributed by atoms with van der Waals surface area (Å²) in [5, 5.41) is 10.4. The molecule has 1 aliphatic rings. The lowest BCUT2D eigenvalue weighted by Gasteiger charge is -2.27. The van der Waals surface area contributed by atoms with Crippen LogP contribution in [-0.4, -0.2) is 25.8 Å². The molecule has 190 valence electrons. The third-order valence-electron chi connectivity index (χ3n) is 5.48. The molecule has 0 radical (unpaired) electrons. The molecule has 2 N–H and O–H groups in total. The predicted molar refractivity (Wildman–Crippen MR) is 137 cm³/mol. The highest BCUT2D eigenvalue weighted by Crippen LogP contribution is 2.45. The Kier molecular flexibility index (Phi) is 8.06. The number of ether oxygens (including phenoxy) is 5. The molecule has 0 aliphatic carbocycles. The second-order valence-corrected chi connectivity index (χ2v) is 8.35. The molecule has 8 nitrogen and oxygen atoms in total. The molecule has 9 heteroatoms. The van der Waals surface area contributed by atoms with E-state index in [2.05, 4.69) is 6.07 Å². The smallest absolute Gasteiger partial charge is 0.349 e. The lowest BCUT2D eigenvalue weighted by Crippen LogP contribution is -2.22. The largest absolute Gasteiger partial charge is 0.490 e. The van der Waals surface area contributed by atoms with E-state index in [0.717, 1.165) is 5.56 Å². The number of nitrogens with zero attached hydrogens (tertiary/aromatic N) is 1.